The molecule has 0 atom stereocenters. The van der Waals surface area contributed by atoms with Crippen molar-refractivity contribution in [2.45, 2.75) is 25.2 Å². The summed E-state index contributed by atoms with van der Waals surface area (Å²) in [5.41, 5.74) is 3.97. The van der Waals surface area contributed by atoms with Crippen LogP contribution in [-0.4, -0.2) is 25.4 Å². The summed E-state index contributed by atoms with van der Waals surface area (Å²) in [6, 6.07) is 19.7. The number of aromatic nitrogens is 1. The van der Waals surface area contributed by atoms with Crippen molar-refractivity contribution in [3.05, 3.63) is 78.1 Å². The number of hydrogen-bond acceptors (Lipinski definition) is 3. The molecular weight excluding hydrogens is 374 g/mol. The quantitative estimate of drug-likeness (QED) is 0.641. The summed E-state index contributed by atoms with van der Waals surface area (Å²) in [7, 11) is -3.60. The summed E-state index contributed by atoms with van der Waals surface area (Å²) < 4.78 is 28.8. The number of rotatable bonds is 7. The molecule has 0 unspecified atom stereocenters. The van der Waals surface area contributed by atoms with Crippen molar-refractivity contribution in [1.29, 1.82) is 0 Å². The molecule has 3 rings (SSSR count). The first-order chi connectivity index (χ1) is 13.4. The van der Waals surface area contributed by atoms with Crippen LogP contribution in [0.5, 0.6) is 0 Å². The Balaban J connectivity index is 1.54. The molecule has 2 N–H and O–H groups in total. The fraction of sp³-hybridized carbons (Fsp3) is 0.190. The van der Waals surface area contributed by atoms with Gasteiger partial charge in [-0.15, -0.1) is 0 Å². The monoisotopic (exact) mass is 397 g/mol. The van der Waals surface area contributed by atoms with Crippen LogP contribution in [0.25, 0.3) is 5.69 Å². The van der Waals surface area contributed by atoms with E-state index in [-0.39, 0.29) is 23.8 Å². The summed E-state index contributed by atoms with van der Waals surface area (Å²) in [5.74, 6) is -0.253. The molecule has 0 aliphatic heterocycles. The molecule has 0 saturated heterocycles. The number of carbonyl (C=O) groups excluding carboxylic acids is 1. The third kappa shape index (κ3) is 4.68. The number of anilines is 1. The Morgan fingerprint density at radius 1 is 0.893 bits per heavy atom. The lowest BCUT2D eigenvalue weighted by Gasteiger charge is -2.11. The molecule has 146 valence electrons. The number of sulfonamides is 1. The molecule has 0 aliphatic rings. The molecule has 3 aromatic rings. The van der Waals surface area contributed by atoms with Crippen LogP contribution in [-0.2, 0) is 14.8 Å². The van der Waals surface area contributed by atoms with Gasteiger partial charge in [-0.3, -0.25) is 4.79 Å². The number of hydrogen-bond donors (Lipinski definition) is 2. The minimum Gasteiger partial charge on any atom is -0.326 e. The van der Waals surface area contributed by atoms with Gasteiger partial charge in [0.1, 0.15) is 0 Å². The molecule has 0 saturated carbocycles. The molecule has 0 fully saturated rings. The van der Waals surface area contributed by atoms with Gasteiger partial charge in [-0.25, -0.2) is 13.1 Å². The maximum absolute atomic E-state index is 12.1. The Bertz CT molecular complexity index is 1040. The van der Waals surface area contributed by atoms with Crippen molar-refractivity contribution in [3.8, 4) is 5.69 Å². The third-order valence-corrected chi connectivity index (χ3v) is 5.85. The Morgan fingerprint density at radius 2 is 1.50 bits per heavy atom. The van der Waals surface area contributed by atoms with Gasteiger partial charge in [-0.2, -0.15) is 0 Å². The number of nitrogens with one attached hydrogen (secondary N) is 2. The number of nitrogens with zero attached hydrogens (tertiary/aromatic N) is 1. The Labute approximate surface area is 165 Å². The first kappa shape index (κ1) is 19.9. The molecular formula is C21H23N3O3S. The molecule has 1 aromatic heterocycles. The van der Waals surface area contributed by atoms with Crippen molar-refractivity contribution < 1.29 is 13.2 Å². The fourth-order valence-electron chi connectivity index (χ4n) is 2.97. The van der Waals surface area contributed by atoms with Crippen molar-refractivity contribution in [2.75, 3.05) is 11.9 Å². The van der Waals surface area contributed by atoms with Gasteiger partial charge >= 0.3 is 0 Å². The van der Waals surface area contributed by atoms with Crippen molar-refractivity contribution in [3.63, 3.8) is 0 Å². The second-order valence-corrected chi connectivity index (χ2v) is 8.27. The minimum atomic E-state index is -3.60. The first-order valence-corrected chi connectivity index (χ1v) is 10.4. The number of carbonyl (C=O) groups is 1. The van der Waals surface area contributed by atoms with E-state index >= 15 is 0 Å². The highest BCUT2D eigenvalue weighted by Gasteiger charge is 2.13. The standard InChI is InChI=1S/C21H23N3O3S/c1-16-8-9-17(2)24(16)19-12-10-18(11-13-19)23-21(25)14-15-22-28(26,27)20-6-4-3-5-7-20/h3-13,22H,14-15H2,1-2H3,(H,23,25). The molecule has 0 bridgehead atoms. The van der Waals surface area contributed by atoms with Gasteiger partial charge in [0.05, 0.1) is 4.90 Å². The average Bonchev–Trinajstić information content (AvgIpc) is 3.01. The van der Waals surface area contributed by atoms with E-state index in [4.69, 9.17) is 0 Å². The van der Waals surface area contributed by atoms with Crippen molar-refractivity contribution in [1.82, 2.24) is 9.29 Å². The molecule has 0 aliphatic carbocycles. The Hall–Kier alpha value is -2.90. The summed E-state index contributed by atoms with van der Waals surface area (Å²) >= 11 is 0. The van der Waals surface area contributed by atoms with E-state index in [0.29, 0.717) is 5.69 Å². The van der Waals surface area contributed by atoms with Crippen LogP contribution in [0.4, 0.5) is 5.69 Å². The predicted octanol–water partition coefficient (Wildman–Crippen LogP) is 3.40. The van der Waals surface area contributed by atoms with Gasteiger partial charge in [-0.1, -0.05) is 18.2 Å². The molecule has 28 heavy (non-hydrogen) atoms. The van der Waals surface area contributed by atoms with Crippen molar-refractivity contribution >= 4 is 21.6 Å². The van der Waals surface area contributed by atoms with Crippen LogP contribution in [0.15, 0.2) is 71.6 Å². The summed E-state index contributed by atoms with van der Waals surface area (Å²) in [5, 5.41) is 2.79. The molecule has 0 spiro atoms. The van der Waals surface area contributed by atoms with Crippen LogP contribution < -0.4 is 10.0 Å². The van der Waals surface area contributed by atoms with Crippen molar-refractivity contribution in [2.24, 2.45) is 0 Å². The van der Waals surface area contributed by atoms with E-state index < -0.39 is 10.0 Å². The van der Waals surface area contributed by atoms with E-state index in [9.17, 15) is 13.2 Å². The average molecular weight is 398 g/mol. The van der Waals surface area contributed by atoms with E-state index in [1.54, 1.807) is 18.2 Å². The van der Waals surface area contributed by atoms with E-state index in [1.165, 1.54) is 12.1 Å². The minimum absolute atomic E-state index is 0.0307. The van der Waals surface area contributed by atoms with Gasteiger partial charge in [0, 0.05) is 35.7 Å². The van der Waals surface area contributed by atoms with E-state index in [0.717, 1.165) is 17.1 Å². The molecule has 2 aromatic carbocycles. The summed E-state index contributed by atoms with van der Waals surface area (Å²) in [6.07, 6.45) is 0.0453. The van der Waals surface area contributed by atoms with Gasteiger partial charge < -0.3 is 9.88 Å². The van der Waals surface area contributed by atoms with Crippen LogP contribution in [0.1, 0.15) is 17.8 Å². The molecule has 1 amide bonds. The third-order valence-electron chi connectivity index (χ3n) is 4.38. The summed E-state index contributed by atoms with van der Waals surface area (Å²) in [6.45, 7) is 4.11. The van der Waals surface area contributed by atoms with Crippen LogP contribution in [0.2, 0.25) is 0 Å². The number of benzene rings is 2. The number of aryl methyl sites for hydroxylation is 2. The fourth-order valence-corrected chi connectivity index (χ4v) is 4.03. The zero-order valence-electron chi connectivity index (χ0n) is 15.8. The highest BCUT2D eigenvalue weighted by atomic mass is 32.2. The SMILES string of the molecule is Cc1ccc(C)n1-c1ccc(NC(=O)CCNS(=O)(=O)c2ccccc2)cc1. The Morgan fingerprint density at radius 3 is 2.11 bits per heavy atom. The van der Waals surface area contributed by atoms with Gasteiger partial charge in [0.25, 0.3) is 0 Å². The largest absolute Gasteiger partial charge is 0.326 e. The van der Waals surface area contributed by atoms with Gasteiger partial charge in [0.2, 0.25) is 15.9 Å². The molecule has 1 heterocycles. The second kappa shape index (κ2) is 8.41. The smallest absolute Gasteiger partial charge is 0.240 e. The van der Waals surface area contributed by atoms with E-state index in [1.807, 2.05) is 38.1 Å². The molecule has 6 nitrogen and oxygen atoms in total. The van der Waals surface area contributed by atoms with Gasteiger partial charge in [0.15, 0.2) is 0 Å². The topological polar surface area (TPSA) is 80.2 Å². The zero-order chi connectivity index (χ0) is 20.1. The summed E-state index contributed by atoms with van der Waals surface area (Å²) in [4.78, 5) is 12.3. The Kier molecular flexibility index (Phi) is 5.96. The second-order valence-electron chi connectivity index (χ2n) is 6.51. The van der Waals surface area contributed by atoms with Crippen LogP contribution >= 0.6 is 0 Å². The predicted molar refractivity (Wildman–Crippen MR) is 110 cm³/mol. The van der Waals surface area contributed by atoms with Crippen LogP contribution in [0, 0.1) is 13.8 Å². The first-order valence-electron chi connectivity index (χ1n) is 8.97. The lowest BCUT2D eigenvalue weighted by atomic mass is 10.2. The highest BCUT2D eigenvalue weighted by molar-refractivity contribution is 7.89. The highest BCUT2D eigenvalue weighted by Crippen LogP contribution is 2.18. The maximum Gasteiger partial charge on any atom is 0.240 e. The normalized spacial score (nSPS) is 11.4. The molecule has 7 heteroatoms. The van der Waals surface area contributed by atoms with E-state index in [2.05, 4.69) is 26.7 Å². The number of amides is 1. The molecule has 0 radical (unpaired) electrons. The van der Waals surface area contributed by atoms with Crippen LogP contribution in [0.3, 0.4) is 0 Å². The van der Waals surface area contributed by atoms with Gasteiger partial charge in [-0.05, 0) is 62.4 Å². The lowest BCUT2D eigenvalue weighted by Crippen LogP contribution is -2.27. The lowest BCUT2D eigenvalue weighted by molar-refractivity contribution is -0.116. The maximum atomic E-state index is 12.1. The zero-order valence-corrected chi connectivity index (χ0v) is 16.7.